The molecule has 35 heavy (non-hydrogen) atoms. The van der Waals surface area contributed by atoms with Gasteiger partial charge in [-0.25, -0.2) is 0 Å². The van der Waals surface area contributed by atoms with Crippen LogP contribution in [0.25, 0.3) is 0 Å². The van der Waals surface area contributed by atoms with Crippen molar-refractivity contribution in [1.82, 2.24) is 0 Å². The van der Waals surface area contributed by atoms with Gasteiger partial charge < -0.3 is 30.4 Å². The van der Waals surface area contributed by atoms with E-state index in [1.807, 2.05) is 25.1 Å². The number of hydrogen-bond acceptors (Lipinski definition) is 6. The molecule has 0 heterocycles. The molecule has 3 rings (SSSR count). The number of ether oxygens (including phenoxy) is 4. The molecule has 8 nitrogen and oxygen atoms in total. The van der Waals surface area contributed by atoms with Crippen molar-refractivity contribution >= 4 is 36.5 Å². The second kappa shape index (κ2) is 13.3. The van der Waals surface area contributed by atoms with Crippen molar-refractivity contribution in [2.45, 2.75) is 20.1 Å². The zero-order chi connectivity index (χ0) is 24.0. The second-order valence-electron chi connectivity index (χ2n) is 7.46. The summed E-state index contributed by atoms with van der Waals surface area (Å²) in [7, 11) is 3.09. The van der Waals surface area contributed by atoms with Gasteiger partial charge in [0, 0.05) is 11.1 Å². The maximum Gasteiger partial charge on any atom is 0.161 e. The van der Waals surface area contributed by atoms with Crippen molar-refractivity contribution in [3.63, 3.8) is 0 Å². The van der Waals surface area contributed by atoms with Gasteiger partial charge in [0.15, 0.2) is 23.0 Å². The molecule has 0 aliphatic heterocycles. The van der Waals surface area contributed by atoms with E-state index >= 15 is 0 Å². The van der Waals surface area contributed by atoms with E-state index in [0.29, 0.717) is 47.3 Å². The highest BCUT2D eigenvalue weighted by Gasteiger charge is 2.10. The standard InChI is InChI=1S/C25H28N4O4.2ClH/c1-15-8-16(13-32-20-6-4-18(24(26)27)11-22(20)30-2)10-17(9-15)14-33-21-7-5-19(25(28)29)12-23(21)31-3;;/h4-12H,13-14H2,1-3H3,(H3,26,27)(H3,28,29);2*1H. The molecule has 0 saturated heterocycles. The highest BCUT2D eigenvalue weighted by Crippen LogP contribution is 2.30. The molecule has 0 aromatic heterocycles. The lowest BCUT2D eigenvalue weighted by Gasteiger charge is -2.14. The molecule has 3 aromatic carbocycles. The first-order chi connectivity index (χ1) is 15.8. The molecular weight excluding hydrogens is 491 g/mol. The zero-order valence-corrected chi connectivity index (χ0v) is 21.3. The van der Waals surface area contributed by atoms with E-state index in [0.717, 1.165) is 16.7 Å². The Balaban J connectivity index is 0.00000306. The summed E-state index contributed by atoms with van der Waals surface area (Å²) < 4.78 is 22.7. The van der Waals surface area contributed by atoms with Crippen molar-refractivity contribution in [1.29, 1.82) is 10.8 Å². The van der Waals surface area contributed by atoms with Gasteiger partial charge in [-0.15, -0.1) is 24.8 Å². The first-order valence-corrected chi connectivity index (χ1v) is 10.2. The Morgan fingerprint density at radius 3 is 1.40 bits per heavy atom. The van der Waals surface area contributed by atoms with Crippen LogP contribution < -0.4 is 30.4 Å². The number of nitrogens with two attached hydrogens (primary N) is 2. The number of rotatable bonds is 10. The molecule has 0 atom stereocenters. The van der Waals surface area contributed by atoms with E-state index in [2.05, 4.69) is 0 Å². The quantitative estimate of drug-likeness (QED) is 0.228. The van der Waals surface area contributed by atoms with Gasteiger partial charge in [0.05, 0.1) is 14.2 Å². The summed E-state index contributed by atoms with van der Waals surface area (Å²) in [6, 6.07) is 16.4. The van der Waals surface area contributed by atoms with Crippen LogP contribution in [-0.4, -0.2) is 25.9 Å². The van der Waals surface area contributed by atoms with Crippen LogP contribution in [0.2, 0.25) is 0 Å². The first kappa shape index (κ1) is 29.4. The van der Waals surface area contributed by atoms with Crippen LogP contribution in [0.5, 0.6) is 23.0 Å². The third kappa shape index (κ3) is 7.70. The summed E-state index contributed by atoms with van der Waals surface area (Å²) in [5, 5.41) is 15.1. The topological polar surface area (TPSA) is 137 Å². The lowest BCUT2D eigenvalue weighted by molar-refractivity contribution is 0.279. The highest BCUT2D eigenvalue weighted by atomic mass is 35.5. The zero-order valence-electron chi connectivity index (χ0n) is 19.7. The van der Waals surface area contributed by atoms with Crippen LogP contribution in [0, 0.1) is 17.7 Å². The van der Waals surface area contributed by atoms with Gasteiger partial charge in [0.1, 0.15) is 24.9 Å². The van der Waals surface area contributed by atoms with Crippen LogP contribution in [-0.2, 0) is 13.2 Å². The normalized spacial score (nSPS) is 9.80. The van der Waals surface area contributed by atoms with Crippen molar-refractivity contribution in [2.24, 2.45) is 11.5 Å². The predicted octanol–water partition coefficient (Wildman–Crippen LogP) is 4.58. The third-order valence-corrected chi connectivity index (χ3v) is 4.93. The maximum atomic E-state index is 7.56. The van der Waals surface area contributed by atoms with Crippen LogP contribution >= 0.6 is 24.8 Å². The van der Waals surface area contributed by atoms with Gasteiger partial charge >= 0.3 is 0 Å². The molecule has 188 valence electrons. The Bertz CT molecular complexity index is 1100. The fourth-order valence-corrected chi connectivity index (χ4v) is 3.35. The number of aryl methyl sites for hydroxylation is 1. The smallest absolute Gasteiger partial charge is 0.161 e. The van der Waals surface area contributed by atoms with Gasteiger partial charge in [0.25, 0.3) is 0 Å². The Hall–Kier alpha value is -3.62. The van der Waals surface area contributed by atoms with Gasteiger partial charge in [-0.1, -0.05) is 17.7 Å². The Morgan fingerprint density at radius 1 is 0.657 bits per heavy atom. The molecule has 0 bridgehead atoms. The molecule has 0 unspecified atom stereocenters. The van der Waals surface area contributed by atoms with E-state index in [4.69, 9.17) is 41.2 Å². The van der Waals surface area contributed by atoms with Gasteiger partial charge in [0.2, 0.25) is 0 Å². The summed E-state index contributed by atoms with van der Waals surface area (Å²) in [5.41, 5.74) is 15.3. The predicted molar refractivity (Wildman–Crippen MR) is 142 cm³/mol. The number of methoxy groups -OCH3 is 2. The van der Waals surface area contributed by atoms with Crippen LogP contribution in [0.3, 0.4) is 0 Å². The lowest BCUT2D eigenvalue weighted by atomic mass is 10.1. The summed E-state index contributed by atoms with van der Waals surface area (Å²) in [6.07, 6.45) is 0. The van der Waals surface area contributed by atoms with Crippen molar-refractivity contribution in [2.75, 3.05) is 14.2 Å². The van der Waals surface area contributed by atoms with Crippen molar-refractivity contribution in [3.8, 4) is 23.0 Å². The SMILES string of the molecule is COc1cc(C(=N)N)ccc1OCc1cc(C)cc(COc2ccc(C(=N)N)cc2OC)c1.Cl.Cl. The summed E-state index contributed by atoms with van der Waals surface area (Å²) in [5.74, 6) is 2.10. The van der Waals surface area contributed by atoms with Crippen LogP contribution in [0.1, 0.15) is 27.8 Å². The van der Waals surface area contributed by atoms with E-state index in [-0.39, 0.29) is 36.5 Å². The maximum absolute atomic E-state index is 7.56. The van der Waals surface area contributed by atoms with Gasteiger partial charge in [-0.05, 0) is 60.5 Å². The average molecular weight is 521 g/mol. The summed E-state index contributed by atoms with van der Waals surface area (Å²) in [6.45, 7) is 2.68. The lowest BCUT2D eigenvalue weighted by Crippen LogP contribution is -2.11. The molecule has 0 amide bonds. The van der Waals surface area contributed by atoms with Crippen LogP contribution in [0.15, 0.2) is 54.6 Å². The number of nitrogens with one attached hydrogen (secondary N) is 2. The van der Waals surface area contributed by atoms with Gasteiger partial charge in [-0.3, -0.25) is 10.8 Å². The van der Waals surface area contributed by atoms with E-state index in [1.54, 1.807) is 50.6 Å². The van der Waals surface area contributed by atoms with Gasteiger partial charge in [-0.2, -0.15) is 0 Å². The molecule has 10 heteroatoms. The van der Waals surface area contributed by atoms with E-state index < -0.39 is 0 Å². The fraction of sp³-hybridized carbons (Fsp3) is 0.200. The van der Waals surface area contributed by atoms with Crippen molar-refractivity contribution in [3.05, 3.63) is 82.4 Å². The molecule has 0 aliphatic carbocycles. The molecule has 3 aromatic rings. The minimum atomic E-state index is -0.0317. The van der Waals surface area contributed by atoms with E-state index in [1.165, 1.54) is 0 Å². The molecule has 0 saturated carbocycles. The molecule has 0 spiro atoms. The molecule has 0 fully saturated rings. The Labute approximate surface area is 217 Å². The van der Waals surface area contributed by atoms with E-state index in [9.17, 15) is 0 Å². The second-order valence-corrected chi connectivity index (χ2v) is 7.46. The molecule has 0 aliphatic rings. The van der Waals surface area contributed by atoms with Crippen LogP contribution in [0.4, 0.5) is 0 Å². The largest absolute Gasteiger partial charge is 0.493 e. The minimum absolute atomic E-state index is 0. The fourth-order valence-electron chi connectivity index (χ4n) is 3.35. The molecule has 6 N–H and O–H groups in total. The third-order valence-electron chi connectivity index (χ3n) is 4.93. The summed E-state index contributed by atoms with van der Waals surface area (Å²) in [4.78, 5) is 0. The molecule has 0 radical (unpaired) electrons. The molecular formula is C25H30Cl2N4O4. The number of benzene rings is 3. The Morgan fingerprint density at radius 2 is 1.06 bits per heavy atom. The monoisotopic (exact) mass is 520 g/mol. The number of nitrogen functional groups attached to an aromatic ring is 2. The first-order valence-electron chi connectivity index (χ1n) is 10.2. The summed E-state index contributed by atoms with van der Waals surface area (Å²) >= 11 is 0. The minimum Gasteiger partial charge on any atom is -0.493 e. The highest BCUT2D eigenvalue weighted by molar-refractivity contribution is 5.96. The average Bonchev–Trinajstić information content (AvgIpc) is 2.80. The number of hydrogen-bond donors (Lipinski definition) is 4. The Kier molecular flexibility index (Phi) is 11.2. The van der Waals surface area contributed by atoms with Crippen molar-refractivity contribution < 1.29 is 18.9 Å². The number of halogens is 2. The number of amidine groups is 2.